The van der Waals surface area contributed by atoms with E-state index in [-0.39, 0.29) is 5.75 Å². The Labute approximate surface area is 107 Å². The van der Waals surface area contributed by atoms with Crippen molar-refractivity contribution in [1.29, 1.82) is 0 Å². The van der Waals surface area contributed by atoms with E-state index >= 15 is 0 Å². The van der Waals surface area contributed by atoms with Crippen LogP contribution < -0.4 is 0 Å². The molecular weight excluding hydrogens is 249 g/mol. The first-order chi connectivity index (χ1) is 8.63. The standard InChI is InChI=1S/C14H10FNOS/c1-8-2-5-12-13(6-8)18-14(16-12)10-4-3-9(17)7-11(10)15/h2-7,17H,1H3. The second kappa shape index (κ2) is 4.07. The highest BCUT2D eigenvalue weighted by Gasteiger charge is 2.11. The van der Waals surface area contributed by atoms with Crippen LogP contribution in [0.5, 0.6) is 5.75 Å². The largest absolute Gasteiger partial charge is 0.508 e. The molecule has 1 N–H and O–H groups in total. The molecule has 0 amide bonds. The zero-order valence-corrected chi connectivity index (χ0v) is 10.5. The lowest BCUT2D eigenvalue weighted by Crippen LogP contribution is -1.82. The molecule has 0 radical (unpaired) electrons. The van der Waals surface area contributed by atoms with E-state index in [1.54, 1.807) is 6.07 Å². The molecule has 0 spiro atoms. The highest BCUT2D eigenvalue weighted by Crippen LogP contribution is 2.33. The summed E-state index contributed by atoms with van der Waals surface area (Å²) >= 11 is 1.45. The first-order valence-electron chi connectivity index (χ1n) is 5.49. The van der Waals surface area contributed by atoms with Crippen LogP contribution in [-0.2, 0) is 0 Å². The molecule has 1 heterocycles. The van der Waals surface area contributed by atoms with E-state index < -0.39 is 5.82 Å². The van der Waals surface area contributed by atoms with Gasteiger partial charge in [-0.05, 0) is 36.8 Å². The predicted molar refractivity (Wildman–Crippen MR) is 71.4 cm³/mol. The van der Waals surface area contributed by atoms with E-state index in [0.29, 0.717) is 10.6 Å². The summed E-state index contributed by atoms with van der Waals surface area (Å²) in [5, 5.41) is 9.84. The summed E-state index contributed by atoms with van der Waals surface area (Å²) in [5.74, 6) is -0.529. The number of aromatic nitrogens is 1. The van der Waals surface area contributed by atoms with Gasteiger partial charge in [0.25, 0.3) is 0 Å². The Balaban J connectivity index is 2.19. The van der Waals surface area contributed by atoms with Gasteiger partial charge in [-0.25, -0.2) is 9.37 Å². The van der Waals surface area contributed by atoms with Gasteiger partial charge < -0.3 is 5.11 Å². The lowest BCUT2D eigenvalue weighted by atomic mass is 10.2. The number of phenolic OH excluding ortho intramolecular Hbond substituents is 1. The number of nitrogens with zero attached hydrogens (tertiary/aromatic N) is 1. The van der Waals surface area contributed by atoms with Crippen molar-refractivity contribution in [3.8, 4) is 16.3 Å². The summed E-state index contributed by atoms with van der Waals surface area (Å²) in [6.07, 6.45) is 0. The molecule has 2 nitrogen and oxygen atoms in total. The van der Waals surface area contributed by atoms with E-state index in [9.17, 15) is 9.50 Å². The molecule has 2 aromatic carbocycles. The number of rotatable bonds is 1. The van der Waals surface area contributed by atoms with Crippen molar-refractivity contribution < 1.29 is 9.50 Å². The molecule has 18 heavy (non-hydrogen) atoms. The number of aromatic hydroxyl groups is 1. The van der Waals surface area contributed by atoms with Crippen molar-refractivity contribution in [3.05, 3.63) is 47.8 Å². The van der Waals surface area contributed by atoms with Crippen LogP contribution in [0.1, 0.15) is 5.56 Å². The van der Waals surface area contributed by atoms with Crippen molar-refractivity contribution in [2.75, 3.05) is 0 Å². The van der Waals surface area contributed by atoms with Crippen molar-refractivity contribution in [2.24, 2.45) is 0 Å². The van der Waals surface area contributed by atoms with Crippen LogP contribution in [0.15, 0.2) is 36.4 Å². The number of phenols is 1. The maximum atomic E-state index is 13.8. The number of aryl methyl sites for hydroxylation is 1. The van der Waals surface area contributed by atoms with Gasteiger partial charge in [-0.3, -0.25) is 0 Å². The molecule has 0 atom stereocenters. The maximum absolute atomic E-state index is 13.8. The second-order valence-corrected chi connectivity index (χ2v) is 5.18. The number of halogens is 1. The number of benzene rings is 2. The molecule has 1 aromatic heterocycles. The van der Waals surface area contributed by atoms with E-state index in [4.69, 9.17) is 0 Å². The SMILES string of the molecule is Cc1ccc2nc(-c3ccc(O)cc3F)sc2c1. The smallest absolute Gasteiger partial charge is 0.137 e. The Morgan fingerprint density at radius 1 is 1.17 bits per heavy atom. The van der Waals surface area contributed by atoms with E-state index in [1.165, 1.54) is 17.4 Å². The fraction of sp³-hybridized carbons (Fsp3) is 0.0714. The zero-order valence-electron chi connectivity index (χ0n) is 9.64. The molecule has 4 heteroatoms. The first-order valence-corrected chi connectivity index (χ1v) is 6.31. The molecule has 0 bridgehead atoms. The van der Waals surface area contributed by atoms with Gasteiger partial charge in [-0.1, -0.05) is 6.07 Å². The van der Waals surface area contributed by atoms with Gasteiger partial charge in [0.15, 0.2) is 0 Å². The molecule has 3 rings (SSSR count). The van der Waals surface area contributed by atoms with Crippen LogP contribution in [0, 0.1) is 12.7 Å². The molecule has 0 saturated carbocycles. The highest BCUT2D eigenvalue weighted by molar-refractivity contribution is 7.21. The molecular formula is C14H10FNOS. The summed E-state index contributed by atoms with van der Waals surface area (Å²) in [5.41, 5.74) is 2.45. The molecule has 0 aliphatic carbocycles. The Bertz CT molecular complexity index is 736. The number of thiazole rings is 1. The lowest BCUT2D eigenvalue weighted by Gasteiger charge is -1.98. The van der Waals surface area contributed by atoms with Gasteiger partial charge in [0, 0.05) is 11.6 Å². The summed E-state index contributed by atoms with van der Waals surface area (Å²) in [6.45, 7) is 2.01. The van der Waals surface area contributed by atoms with E-state index in [2.05, 4.69) is 4.98 Å². The molecule has 3 aromatic rings. The van der Waals surface area contributed by atoms with Crippen LogP contribution >= 0.6 is 11.3 Å². The molecule has 0 fully saturated rings. The fourth-order valence-corrected chi connectivity index (χ4v) is 2.92. The first kappa shape index (κ1) is 11.2. The zero-order chi connectivity index (χ0) is 12.7. The van der Waals surface area contributed by atoms with Gasteiger partial charge in [0.2, 0.25) is 0 Å². The van der Waals surface area contributed by atoms with Gasteiger partial charge >= 0.3 is 0 Å². The molecule has 0 aliphatic heterocycles. The number of hydrogen-bond acceptors (Lipinski definition) is 3. The third-order valence-corrected chi connectivity index (χ3v) is 3.78. The maximum Gasteiger partial charge on any atom is 0.137 e. The summed E-state index contributed by atoms with van der Waals surface area (Å²) in [7, 11) is 0. The Morgan fingerprint density at radius 3 is 2.78 bits per heavy atom. The highest BCUT2D eigenvalue weighted by atomic mass is 32.1. The fourth-order valence-electron chi connectivity index (χ4n) is 1.82. The molecule has 0 aliphatic rings. The van der Waals surface area contributed by atoms with Crippen molar-refractivity contribution >= 4 is 21.6 Å². The minimum absolute atomic E-state index is 0.0757. The Morgan fingerprint density at radius 2 is 2.00 bits per heavy atom. The minimum atomic E-state index is -0.453. The lowest BCUT2D eigenvalue weighted by molar-refractivity contribution is 0.469. The van der Waals surface area contributed by atoms with Gasteiger partial charge in [0.1, 0.15) is 16.6 Å². The summed E-state index contributed by atoms with van der Waals surface area (Å²) in [4.78, 5) is 4.41. The molecule has 0 unspecified atom stereocenters. The van der Waals surface area contributed by atoms with Crippen LogP contribution in [0.3, 0.4) is 0 Å². The third-order valence-electron chi connectivity index (χ3n) is 2.73. The predicted octanol–water partition coefficient (Wildman–Crippen LogP) is 4.12. The quantitative estimate of drug-likeness (QED) is 0.713. The average molecular weight is 259 g/mol. The van der Waals surface area contributed by atoms with Crippen LogP contribution in [-0.4, -0.2) is 10.1 Å². The van der Waals surface area contributed by atoms with E-state index in [0.717, 1.165) is 21.8 Å². The van der Waals surface area contributed by atoms with Gasteiger partial charge in [-0.15, -0.1) is 11.3 Å². The van der Waals surface area contributed by atoms with Crippen molar-refractivity contribution in [1.82, 2.24) is 4.98 Å². The summed E-state index contributed by atoms with van der Waals surface area (Å²) < 4.78 is 14.8. The van der Waals surface area contributed by atoms with E-state index in [1.807, 2.05) is 25.1 Å². The molecule has 90 valence electrons. The van der Waals surface area contributed by atoms with Gasteiger partial charge in [-0.2, -0.15) is 0 Å². The number of hydrogen-bond donors (Lipinski definition) is 1. The second-order valence-electron chi connectivity index (χ2n) is 4.15. The van der Waals surface area contributed by atoms with Gasteiger partial charge in [0.05, 0.1) is 10.2 Å². The average Bonchev–Trinajstić information content (AvgIpc) is 2.71. The Hall–Kier alpha value is -1.94. The monoisotopic (exact) mass is 259 g/mol. The van der Waals surface area contributed by atoms with Crippen molar-refractivity contribution in [2.45, 2.75) is 6.92 Å². The molecule has 0 saturated heterocycles. The van der Waals surface area contributed by atoms with Crippen LogP contribution in [0.4, 0.5) is 4.39 Å². The Kier molecular flexibility index (Phi) is 2.52. The topological polar surface area (TPSA) is 33.1 Å². The number of fused-ring (bicyclic) bond motifs is 1. The minimum Gasteiger partial charge on any atom is -0.508 e. The summed E-state index contributed by atoms with van der Waals surface area (Å²) in [6, 6.07) is 10.1. The third kappa shape index (κ3) is 1.84. The van der Waals surface area contributed by atoms with Crippen LogP contribution in [0.25, 0.3) is 20.8 Å². The normalized spacial score (nSPS) is 11.0. The van der Waals surface area contributed by atoms with Crippen LogP contribution in [0.2, 0.25) is 0 Å². The van der Waals surface area contributed by atoms with Crippen molar-refractivity contribution in [3.63, 3.8) is 0 Å².